The van der Waals surface area contributed by atoms with E-state index < -0.39 is 155 Å². The maximum absolute atomic E-state index is 15.4. The predicted molar refractivity (Wildman–Crippen MR) is 336 cm³/mol. The van der Waals surface area contributed by atoms with E-state index in [0.29, 0.717) is 0 Å². The van der Waals surface area contributed by atoms with Crippen LogP contribution in [0.1, 0.15) is 156 Å². The molecule has 0 aromatic carbocycles. The van der Waals surface area contributed by atoms with Gasteiger partial charge in [0.2, 0.25) is 59.1 Å². The fourth-order valence-electron chi connectivity index (χ4n) is 10.6. The topological polar surface area (TPSA) is 279 Å². The molecular weight excluding hydrogens is 1120 g/mol. The first-order chi connectivity index (χ1) is 39.6. The predicted octanol–water partition coefficient (Wildman–Crippen LogP) is 3.53. The first-order valence-corrected chi connectivity index (χ1v) is 31.1. The van der Waals surface area contributed by atoms with Crippen LogP contribution in [0.25, 0.3) is 0 Å². The van der Waals surface area contributed by atoms with E-state index in [1.54, 1.807) is 60.6 Å². The molecule has 0 aromatic heterocycles. The van der Waals surface area contributed by atoms with Crippen LogP contribution in [-0.4, -0.2) is 226 Å². The molecule has 11 amide bonds. The molecule has 0 unspecified atom stereocenters. The van der Waals surface area contributed by atoms with Gasteiger partial charge in [-0.05, 0) is 101 Å². The lowest BCUT2D eigenvalue weighted by Crippen LogP contribution is -2.67. The highest BCUT2D eigenvalue weighted by molar-refractivity contribution is 7.82. The largest absolute Gasteiger partial charge is 0.390 e. The number of nitrogens with zero attached hydrogens (tertiary/aromatic N) is 7. The maximum atomic E-state index is 15.4. The Morgan fingerprint density at radius 1 is 0.535 bits per heavy atom. The van der Waals surface area contributed by atoms with Crippen molar-refractivity contribution in [3.05, 3.63) is 12.2 Å². The van der Waals surface area contributed by atoms with E-state index in [0.717, 1.165) is 14.7 Å². The van der Waals surface area contributed by atoms with Gasteiger partial charge in [-0.1, -0.05) is 109 Å². The zero-order chi connectivity index (χ0) is 66.9. The van der Waals surface area contributed by atoms with Gasteiger partial charge in [-0.15, -0.1) is 12.6 Å². The molecule has 0 spiro atoms. The summed E-state index contributed by atoms with van der Waals surface area (Å²) in [7, 11) is 9.75. The van der Waals surface area contributed by atoms with Crippen LogP contribution in [0.4, 0.5) is 0 Å². The molecule has 1 aliphatic rings. The summed E-state index contributed by atoms with van der Waals surface area (Å²) in [5.74, 6) is -10.4. The number of carbonyl (C=O) groups is 11. The smallest absolute Gasteiger partial charge is 0.259 e. The van der Waals surface area contributed by atoms with Crippen molar-refractivity contribution < 1.29 is 57.8 Å². The van der Waals surface area contributed by atoms with Crippen molar-refractivity contribution in [2.75, 3.05) is 55.9 Å². The monoisotopic (exact) mass is 1230 g/mol. The molecule has 0 bridgehead atoms. The van der Waals surface area contributed by atoms with Crippen molar-refractivity contribution in [3.63, 3.8) is 0 Å². The number of hydrogen-bond donors (Lipinski definition) is 6. The third-order valence-corrected chi connectivity index (χ3v) is 17.4. The molecule has 1 rings (SSSR count). The van der Waals surface area contributed by atoms with E-state index in [4.69, 9.17) is 12.6 Å². The molecule has 0 aromatic rings. The van der Waals surface area contributed by atoms with Crippen LogP contribution in [0.15, 0.2) is 12.2 Å². The zero-order valence-corrected chi connectivity index (χ0v) is 57.3. The van der Waals surface area contributed by atoms with Gasteiger partial charge in [-0.3, -0.25) is 52.7 Å². The third kappa shape index (κ3) is 20.7. The molecule has 1 heterocycles. The number of thiol groups is 1. The molecule has 5 N–H and O–H groups in total. The SMILES string of the molecule is C/C=C/C[C@@H](C)[C@@H](O)[C@H]1C(=O)N[C@@H](CC)C(=O)N(C)CC(=O)N(C)[C@@H](CC(C)C)C(=O)N[C@@H](C(C)C)C(=O)N(C)[C@@H](CC(C)C)C(=O)N[C@@H](C)C(=O)N[C@H](C)C(=O)N(C)[C@@H](CC(C)C)C(=O)N(C)[C@@H](CC(C)C)C(=O)N(C)[C@](S)(C(C)C)C(=O)N1C. The number of carbonyl (C=O) groups excluding carboxylic acids is 11. The molecular formula is C62H111N11O12S. The van der Waals surface area contributed by atoms with Gasteiger partial charge in [-0.25, -0.2) is 0 Å². The lowest BCUT2D eigenvalue weighted by atomic mass is 9.91. The van der Waals surface area contributed by atoms with Crippen LogP contribution in [0, 0.1) is 41.4 Å². The summed E-state index contributed by atoms with van der Waals surface area (Å²) < 4.78 is 0. The van der Waals surface area contributed by atoms with Crippen molar-refractivity contribution in [1.29, 1.82) is 0 Å². The van der Waals surface area contributed by atoms with E-state index in [-0.39, 0.29) is 62.2 Å². The Hall–Kier alpha value is -5.78. The average Bonchev–Trinajstić information content (AvgIpc) is 1.15. The van der Waals surface area contributed by atoms with Gasteiger partial charge in [0.05, 0.1) is 12.6 Å². The second-order valence-electron chi connectivity index (χ2n) is 26.2. The van der Waals surface area contributed by atoms with Crippen LogP contribution in [0.2, 0.25) is 0 Å². The molecule has 0 aliphatic carbocycles. The fourth-order valence-corrected chi connectivity index (χ4v) is 10.9. The minimum atomic E-state index is -2.05. The van der Waals surface area contributed by atoms with Crippen LogP contribution < -0.4 is 21.3 Å². The van der Waals surface area contributed by atoms with Gasteiger partial charge in [0.25, 0.3) is 5.91 Å². The number of likely N-dealkylation sites (N-methyl/N-ethyl adjacent to an activating group) is 7. The van der Waals surface area contributed by atoms with Crippen LogP contribution >= 0.6 is 12.6 Å². The Labute approximate surface area is 520 Å². The van der Waals surface area contributed by atoms with Crippen LogP contribution in [-0.2, 0) is 52.7 Å². The van der Waals surface area contributed by atoms with Gasteiger partial charge >= 0.3 is 0 Å². The second-order valence-corrected chi connectivity index (χ2v) is 26.9. The standard InChI is InChI=1S/C62H111N11O12S/c1-25-27-28-40(15)51(75)50-55(79)65-43(26-2)57(81)67(18)33-48(74)68(19)44(29-34(3)4)54(78)66-49(38(11)12)60(84)69(20)45(30-35(5)6)53(77)63-41(16)52(76)64-42(17)56(80)70(21)46(31-36(7)8)58(82)71(22)47(32-37(9)10)59(83)73(24)62(86,39(13)14)61(85)72(50)23/h25,27,34-47,49-51,75,86H,26,28-33H2,1-24H3,(H,63,77)(H,64,76)(H,65,79)(H,66,78)/b27-25+/t40-,41+,42-,43+,44+,45+,46+,47+,49+,50+,51-,62+/m1/s1. The van der Waals surface area contributed by atoms with Gasteiger partial charge in [-0.2, -0.15) is 0 Å². The first-order valence-electron chi connectivity index (χ1n) is 30.7. The van der Waals surface area contributed by atoms with Gasteiger partial charge < -0.3 is 60.7 Å². The summed E-state index contributed by atoms with van der Waals surface area (Å²) in [6, 6.07) is -11.3. The summed E-state index contributed by atoms with van der Waals surface area (Å²) in [5.41, 5.74) is 0. The summed E-state index contributed by atoms with van der Waals surface area (Å²) in [6.45, 7) is 29.1. The average molecular weight is 1230 g/mol. The number of hydrogen-bond acceptors (Lipinski definition) is 13. The fraction of sp³-hybridized carbons (Fsp3) is 0.790. The Morgan fingerprint density at radius 2 is 0.965 bits per heavy atom. The zero-order valence-electron chi connectivity index (χ0n) is 56.4. The minimum Gasteiger partial charge on any atom is -0.390 e. The normalized spacial score (nSPS) is 27.6. The Morgan fingerprint density at radius 3 is 1.42 bits per heavy atom. The Kier molecular flexibility index (Phi) is 31.5. The minimum absolute atomic E-state index is 0.00291. The molecule has 0 saturated carbocycles. The quantitative estimate of drug-likeness (QED) is 0.102. The molecule has 24 heteroatoms. The summed E-state index contributed by atoms with van der Waals surface area (Å²) in [6.07, 6.45) is 2.85. The number of amides is 11. The number of nitrogens with one attached hydrogen (secondary N) is 4. The molecule has 0 radical (unpaired) electrons. The van der Waals surface area contributed by atoms with E-state index in [2.05, 4.69) is 21.3 Å². The van der Waals surface area contributed by atoms with E-state index in [1.165, 1.54) is 82.8 Å². The van der Waals surface area contributed by atoms with Gasteiger partial charge in [0, 0.05) is 49.3 Å². The number of allylic oxidation sites excluding steroid dienone is 2. The summed E-state index contributed by atoms with van der Waals surface area (Å²) in [4.78, 5) is 167. The second kappa shape index (κ2) is 34.7. The molecule has 86 heavy (non-hydrogen) atoms. The van der Waals surface area contributed by atoms with Gasteiger partial charge in [0.15, 0.2) is 4.87 Å². The van der Waals surface area contributed by atoms with E-state index in [9.17, 15) is 43.5 Å². The lowest BCUT2D eigenvalue weighted by molar-refractivity contribution is -0.159. The first kappa shape index (κ1) is 78.2. The Bertz CT molecular complexity index is 2390. The molecule has 23 nitrogen and oxygen atoms in total. The number of aliphatic hydroxyl groups excluding tert-OH is 1. The summed E-state index contributed by atoms with van der Waals surface area (Å²) >= 11 is 4.99. The third-order valence-electron chi connectivity index (χ3n) is 16.4. The number of rotatable bonds is 15. The van der Waals surface area contributed by atoms with Crippen LogP contribution in [0.3, 0.4) is 0 Å². The van der Waals surface area contributed by atoms with Crippen molar-refractivity contribution in [2.45, 2.75) is 222 Å². The molecule has 1 aliphatic heterocycles. The highest BCUT2D eigenvalue weighted by Crippen LogP contribution is 2.34. The van der Waals surface area contributed by atoms with Crippen molar-refractivity contribution in [3.8, 4) is 0 Å². The molecule has 492 valence electrons. The lowest BCUT2D eigenvalue weighted by Gasteiger charge is -2.46. The molecule has 12 atom stereocenters. The maximum Gasteiger partial charge on any atom is 0.259 e. The van der Waals surface area contributed by atoms with E-state index >= 15 is 14.4 Å². The number of aliphatic hydroxyl groups is 1. The Balaban J connectivity index is 4.38. The van der Waals surface area contributed by atoms with E-state index in [1.807, 2.05) is 55.4 Å². The van der Waals surface area contributed by atoms with Crippen molar-refractivity contribution in [2.24, 2.45) is 41.4 Å². The molecule has 1 fully saturated rings. The highest BCUT2D eigenvalue weighted by Gasteiger charge is 2.52. The highest BCUT2D eigenvalue weighted by atomic mass is 32.1. The van der Waals surface area contributed by atoms with Crippen molar-refractivity contribution in [1.82, 2.24) is 55.6 Å². The van der Waals surface area contributed by atoms with Crippen molar-refractivity contribution >= 4 is 77.6 Å². The van der Waals surface area contributed by atoms with Crippen LogP contribution in [0.5, 0.6) is 0 Å². The van der Waals surface area contributed by atoms with Gasteiger partial charge in [0.1, 0.15) is 54.4 Å². The summed E-state index contributed by atoms with van der Waals surface area (Å²) in [5, 5.41) is 23.1. The molecule has 1 saturated heterocycles.